The van der Waals surface area contributed by atoms with E-state index in [-0.39, 0.29) is 5.91 Å². The zero-order chi connectivity index (χ0) is 15.9. The second kappa shape index (κ2) is 5.53. The van der Waals surface area contributed by atoms with Gasteiger partial charge in [-0.25, -0.2) is 0 Å². The molecule has 5 nitrogen and oxygen atoms in total. The lowest BCUT2D eigenvalue weighted by Crippen LogP contribution is -2.17. The van der Waals surface area contributed by atoms with Crippen molar-refractivity contribution in [2.75, 3.05) is 0 Å². The molecule has 0 aliphatic rings. The molecule has 22 heavy (non-hydrogen) atoms. The van der Waals surface area contributed by atoms with Gasteiger partial charge in [-0.15, -0.1) is 0 Å². The summed E-state index contributed by atoms with van der Waals surface area (Å²) in [6.45, 7) is 7.04. The van der Waals surface area contributed by atoms with E-state index in [0.717, 1.165) is 21.6 Å². The number of carbonyl (C=O) groups is 1. The standard InChI is InChI=1S/C16H18N4OS/c1-5-20-13-8-10(2)11(3)9-14(13)22-16(20)18-15(21)12-6-7-17-19(12)4/h6-9H,5H2,1-4H3. The topological polar surface area (TPSA) is 52.2 Å². The molecule has 6 heteroatoms. The predicted octanol–water partition coefficient (Wildman–Crippen LogP) is 2.81. The molecule has 3 rings (SSSR count). The molecule has 3 aromatic rings. The number of hydrogen-bond donors (Lipinski definition) is 0. The molecule has 0 saturated heterocycles. The van der Waals surface area contributed by atoms with E-state index in [0.29, 0.717) is 5.69 Å². The Morgan fingerprint density at radius 1 is 1.32 bits per heavy atom. The molecular formula is C16H18N4OS. The minimum Gasteiger partial charge on any atom is -0.317 e. The summed E-state index contributed by atoms with van der Waals surface area (Å²) in [6, 6.07) is 6.01. The Labute approximate surface area is 132 Å². The molecule has 0 fully saturated rings. The summed E-state index contributed by atoms with van der Waals surface area (Å²) in [5.41, 5.74) is 4.12. The van der Waals surface area contributed by atoms with Gasteiger partial charge in [0.25, 0.3) is 5.91 Å². The summed E-state index contributed by atoms with van der Waals surface area (Å²) < 4.78 is 4.78. The van der Waals surface area contributed by atoms with Crippen molar-refractivity contribution in [3.63, 3.8) is 0 Å². The lowest BCUT2D eigenvalue weighted by atomic mass is 10.1. The van der Waals surface area contributed by atoms with Gasteiger partial charge in [-0.1, -0.05) is 11.3 Å². The van der Waals surface area contributed by atoms with E-state index in [4.69, 9.17) is 0 Å². The van der Waals surface area contributed by atoms with Crippen LogP contribution in [0.2, 0.25) is 0 Å². The highest BCUT2D eigenvalue weighted by Gasteiger charge is 2.11. The van der Waals surface area contributed by atoms with Crippen LogP contribution in [0.25, 0.3) is 10.2 Å². The van der Waals surface area contributed by atoms with Crippen molar-refractivity contribution < 1.29 is 4.79 Å². The molecule has 0 spiro atoms. The van der Waals surface area contributed by atoms with Crippen LogP contribution in [0.15, 0.2) is 29.4 Å². The summed E-state index contributed by atoms with van der Waals surface area (Å²) in [7, 11) is 1.74. The summed E-state index contributed by atoms with van der Waals surface area (Å²) >= 11 is 1.55. The van der Waals surface area contributed by atoms with E-state index in [9.17, 15) is 4.79 Å². The highest BCUT2D eigenvalue weighted by atomic mass is 32.1. The SMILES string of the molecule is CCn1c(=NC(=O)c2ccnn2C)sc2cc(C)c(C)cc21. The first-order valence-electron chi connectivity index (χ1n) is 7.19. The number of rotatable bonds is 2. The highest BCUT2D eigenvalue weighted by molar-refractivity contribution is 7.16. The van der Waals surface area contributed by atoms with E-state index in [1.54, 1.807) is 35.3 Å². The van der Waals surface area contributed by atoms with Gasteiger partial charge in [-0.3, -0.25) is 9.48 Å². The van der Waals surface area contributed by atoms with E-state index in [1.165, 1.54) is 11.1 Å². The van der Waals surface area contributed by atoms with Gasteiger partial charge in [0, 0.05) is 19.8 Å². The van der Waals surface area contributed by atoms with Gasteiger partial charge in [-0.2, -0.15) is 10.1 Å². The Bertz CT molecular complexity index is 929. The highest BCUT2D eigenvalue weighted by Crippen LogP contribution is 2.22. The third kappa shape index (κ3) is 2.39. The maximum atomic E-state index is 12.3. The monoisotopic (exact) mass is 314 g/mol. The Balaban J connectivity index is 2.20. The first kappa shape index (κ1) is 14.7. The van der Waals surface area contributed by atoms with Gasteiger partial charge in [-0.05, 0) is 50.1 Å². The van der Waals surface area contributed by atoms with E-state index in [1.807, 2.05) is 0 Å². The second-order valence-corrected chi connectivity index (χ2v) is 6.30. The molecular weight excluding hydrogens is 296 g/mol. The molecule has 1 amide bonds. The van der Waals surface area contributed by atoms with Crippen LogP contribution in [-0.4, -0.2) is 20.3 Å². The fourth-order valence-electron chi connectivity index (χ4n) is 2.44. The molecule has 2 heterocycles. The molecule has 0 atom stereocenters. The van der Waals surface area contributed by atoms with Crippen molar-refractivity contribution in [3.05, 3.63) is 46.0 Å². The zero-order valence-electron chi connectivity index (χ0n) is 13.1. The quantitative estimate of drug-likeness (QED) is 0.730. The van der Waals surface area contributed by atoms with E-state index >= 15 is 0 Å². The number of benzene rings is 1. The molecule has 0 bridgehead atoms. The predicted molar refractivity (Wildman–Crippen MR) is 88.1 cm³/mol. The fraction of sp³-hybridized carbons (Fsp3) is 0.312. The summed E-state index contributed by atoms with van der Waals surface area (Å²) in [6.07, 6.45) is 1.61. The van der Waals surface area contributed by atoms with Crippen LogP contribution in [-0.2, 0) is 13.6 Å². The molecule has 1 aromatic carbocycles. The number of amides is 1. The van der Waals surface area contributed by atoms with Crippen LogP contribution in [0, 0.1) is 13.8 Å². The Morgan fingerprint density at radius 2 is 2.05 bits per heavy atom. The maximum absolute atomic E-state index is 12.3. The number of thiazole rings is 1. The normalized spacial score (nSPS) is 12.3. The third-order valence-electron chi connectivity index (χ3n) is 3.85. The van der Waals surface area contributed by atoms with Crippen molar-refractivity contribution >= 4 is 27.5 Å². The fourth-order valence-corrected chi connectivity index (χ4v) is 3.61. The summed E-state index contributed by atoms with van der Waals surface area (Å²) in [5.74, 6) is -0.262. The Kier molecular flexibility index (Phi) is 3.70. The van der Waals surface area contributed by atoms with Gasteiger partial charge in [0.05, 0.1) is 10.2 Å². The maximum Gasteiger partial charge on any atom is 0.297 e. The molecule has 0 aliphatic heterocycles. The molecule has 0 radical (unpaired) electrons. The second-order valence-electron chi connectivity index (χ2n) is 5.29. The van der Waals surface area contributed by atoms with Gasteiger partial charge < -0.3 is 4.57 Å². The van der Waals surface area contributed by atoms with Crippen molar-refractivity contribution in [1.29, 1.82) is 0 Å². The third-order valence-corrected chi connectivity index (χ3v) is 4.89. The van der Waals surface area contributed by atoms with Gasteiger partial charge >= 0.3 is 0 Å². The number of aryl methyl sites for hydroxylation is 4. The number of fused-ring (bicyclic) bond motifs is 1. The summed E-state index contributed by atoms with van der Waals surface area (Å²) in [5, 5.41) is 4.02. The molecule has 2 aromatic heterocycles. The van der Waals surface area contributed by atoms with Crippen molar-refractivity contribution in [2.24, 2.45) is 12.0 Å². The average Bonchev–Trinajstić information content (AvgIpc) is 3.03. The Hall–Kier alpha value is -2.21. The molecule has 0 saturated carbocycles. The number of carbonyl (C=O) groups excluding carboxylic acids is 1. The van der Waals surface area contributed by atoms with Crippen LogP contribution < -0.4 is 4.80 Å². The number of hydrogen-bond acceptors (Lipinski definition) is 3. The van der Waals surface area contributed by atoms with Crippen LogP contribution in [0.3, 0.4) is 0 Å². The van der Waals surface area contributed by atoms with Crippen LogP contribution >= 0.6 is 11.3 Å². The average molecular weight is 314 g/mol. The lowest BCUT2D eigenvalue weighted by molar-refractivity contribution is 0.0989. The van der Waals surface area contributed by atoms with Crippen molar-refractivity contribution in [3.8, 4) is 0 Å². The molecule has 114 valence electrons. The van der Waals surface area contributed by atoms with Crippen molar-refractivity contribution in [2.45, 2.75) is 27.3 Å². The number of aromatic nitrogens is 3. The number of nitrogens with zero attached hydrogens (tertiary/aromatic N) is 4. The zero-order valence-corrected chi connectivity index (χ0v) is 13.9. The van der Waals surface area contributed by atoms with Crippen LogP contribution in [0.5, 0.6) is 0 Å². The lowest BCUT2D eigenvalue weighted by Gasteiger charge is -2.03. The minimum atomic E-state index is -0.262. The van der Waals surface area contributed by atoms with Gasteiger partial charge in [0.1, 0.15) is 5.69 Å². The molecule has 0 aliphatic carbocycles. The van der Waals surface area contributed by atoms with Gasteiger partial charge in [0.2, 0.25) is 0 Å². The first-order valence-corrected chi connectivity index (χ1v) is 8.00. The molecule has 0 N–H and O–H groups in total. The van der Waals surface area contributed by atoms with Crippen LogP contribution in [0.1, 0.15) is 28.5 Å². The molecule has 0 unspecified atom stereocenters. The first-order chi connectivity index (χ1) is 10.5. The van der Waals surface area contributed by atoms with Gasteiger partial charge in [0.15, 0.2) is 4.80 Å². The van der Waals surface area contributed by atoms with Crippen molar-refractivity contribution in [1.82, 2.24) is 14.3 Å². The minimum absolute atomic E-state index is 0.262. The van der Waals surface area contributed by atoms with E-state index in [2.05, 4.69) is 47.6 Å². The van der Waals surface area contributed by atoms with E-state index < -0.39 is 0 Å². The smallest absolute Gasteiger partial charge is 0.297 e. The largest absolute Gasteiger partial charge is 0.317 e. The Morgan fingerprint density at radius 3 is 2.68 bits per heavy atom. The van der Waals surface area contributed by atoms with Crippen LogP contribution in [0.4, 0.5) is 0 Å². The summed E-state index contributed by atoms with van der Waals surface area (Å²) in [4.78, 5) is 17.4.